The maximum atomic E-state index is 12.4. The summed E-state index contributed by atoms with van der Waals surface area (Å²) in [7, 11) is 0. The highest BCUT2D eigenvalue weighted by Gasteiger charge is 2.28. The van der Waals surface area contributed by atoms with Crippen LogP contribution in [0.1, 0.15) is 34.3 Å². The van der Waals surface area contributed by atoms with E-state index in [1.54, 1.807) is 24.3 Å². The molecule has 5 nitrogen and oxygen atoms in total. The topological polar surface area (TPSA) is 66.5 Å². The highest BCUT2D eigenvalue weighted by Crippen LogP contribution is 2.17. The maximum Gasteiger partial charge on any atom is 0.251 e. The zero-order chi connectivity index (χ0) is 19.5. The Kier molecular flexibility index (Phi) is 4.89. The van der Waals surface area contributed by atoms with Gasteiger partial charge in [-0.3, -0.25) is 19.3 Å². The van der Waals surface area contributed by atoms with Crippen molar-refractivity contribution in [3.05, 3.63) is 83.4 Å². The van der Waals surface area contributed by atoms with Crippen LogP contribution in [0.15, 0.2) is 66.7 Å². The Balaban J connectivity index is 1.37. The molecule has 1 aliphatic heterocycles. The molecular formula is C23H20N2O3. The van der Waals surface area contributed by atoms with Crippen LogP contribution in [0.2, 0.25) is 0 Å². The van der Waals surface area contributed by atoms with Crippen LogP contribution in [-0.2, 0) is 22.7 Å². The number of nitrogens with one attached hydrogen (secondary N) is 1. The van der Waals surface area contributed by atoms with Crippen LogP contribution in [-0.4, -0.2) is 22.6 Å². The Morgan fingerprint density at radius 3 is 2.18 bits per heavy atom. The number of carbonyl (C=O) groups is 3. The number of imide groups is 1. The van der Waals surface area contributed by atoms with Gasteiger partial charge in [0.05, 0.1) is 6.54 Å². The second-order valence-electron chi connectivity index (χ2n) is 6.93. The van der Waals surface area contributed by atoms with Crippen molar-refractivity contribution >= 4 is 28.5 Å². The summed E-state index contributed by atoms with van der Waals surface area (Å²) in [5.41, 5.74) is 2.41. The van der Waals surface area contributed by atoms with Crippen LogP contribution in [0.3, 0.4) is 0 Å². The van der Waals surface area contributed by atoms with Crippen LogP contribution >= 0.6 is 0 Å². The quantitative estimate of drug-likeness (QED) is 0.698. The highest BCUT2D eigenvalue weighted by molar-refractivity contribution is 6.01. The molecule has 0 aliphatic carbocycles. The number of nitrogens with zero attached hydrogens (tertiary/aromatic N) is 1. The molecule has 3 amide bonds. The van der Waals surface area contributed by atoms with E-state index < -0.39 is 0 Å². The lowest BCUT2D eigenvalue weighted by Gasteiger charge is -2.14. The summed E-state index contributed by atoms with van der Waals surface area (Å²) in [6, 6.07) is 21.2. The molecule has 0 radical (unpaired) electrons. The Hall–Kier alpha value is -3.47. The third kappa shape index (κ3) is 3.78. The van der Waals surface area contributed by atoms with Crippen molar-refractivity contribution in [2.24, 2.45) is 0 Å². The molecule has 0 bridgehead atoms. The van der Waals surface area contributed by atoms with Gasteiger partial charge in [0.1, 0.15) is 0 Å². The van der Waals surface area contributed by atoms with Gasteiger partial charge in [-0.05, 0) is 40.1 Å². The SMILES string of the molecule is O=C(NCc1ccc2ccccc2c1)c1ccc(CN2C(=O)CCC2=O)cc1. The second-order valence-corrected chi connectivity index (χ2v) is 6.93. The van der Waals surface area contributed by atoms with Crippen LogP contribution in [0.25, 0.3) is 10.8 Å². The molecule has 0 spiro atoms. The summed E-state index contributed by atoms with van der Waals surface area (Å²) in [6.07, 6.45) is 0.572. The predicted molar refractivity (Wildman–Crippen MR) is 106 cm³/mol. The molecule has 3 aromatic carbocycles. The minimum Gasteiger partial charge on any atom is -0.348 e. The number of hydrogen-bond donors (Lipinski definition) is 1. The third-order valence-electron chi connectivity index (χ3n) is 4.98. The van der Waals surface area contributed by atoms with Crippen molar-refractivity contribution in [3.8, 4) is 0 Å². The van der Waals surface area contributed by atoms with Crippen LogP contribution in [0, 0.1) is 0 Å². The van der Waals surface area contributed by atoms with E-state index in [-0.39, 0.29) is 37.1 Å². The molecule has 4 rings (SSSR count). The first kappa shape index (κ1) is 17.9. The monoisotopic (exact) mass is 372 g/mol. The standard InChI is InChI=1S/C23H20N2O3/c26-21-11-12-22(27)25(21)15-16-5-9-19(10-6-16)23(28)24-14-17-7-8-18-3-1-2-4-20(18)13-17/h1-10,13H,11-12,14-15H2,(H,24,28). The van der Waals surface area contributed by atoms with Gasteiger partial charge in [0.2, 0.25) is 11.8 Å². The van der Waals surface area contributed by atoms with Crippen LogP contribution in [0.4, 0.5) is 0 Å². The molecule has 1 fully saturated rings. The summed E-state index contributed by atoms with van der Waals surface area (Å²) in [4.78, 5) is 37.1. The zero-order valence-electron chi connectivity index (χ0n) is 15.4. The van der Waals surface area contributed by atoms with Gasteiger partial charge < -0.3 is 5.32 Å². The minimum atomic E-state index is -0.159. The number of benzene rings is 3. The molecule has 0 unspecified atom stereocenters. The molecule has 0 atom stereocenters. The van der Waals surface area contributed by atoms with Crippen LogP contribution in [0.5, 0.6) is 0 Å². The molecule has 5 heteroatoms. The van der Waals surface area contributed by atoms with Crippen LogP contribution < -0.4 is 5.32 Å². The number of hydrogen-bond acceptors (Lipinski definition) is 3. The predicted octanol–water partition coefficient (Wildman–Crippen LogP) is 3.42. The number of rotatable bonds is 5. The summed E-state index contributed by atoms with van der Waals surface area (Å²) < 4.78 is 0. The molecule has 0 aromatic heterocycles. The molecule has 1 heterocycles. The summed E-state index contributed by atoms with van der Waals surface area (Å²) in [6.45, 7) is 0.707. The number of fused-ring (bicyclic) bond motifs is 1. The van der Waals surface area contributed by atoms with E-state index in [0.717, 1.165) is 16.5 Å². The van der Waals surface area contributed by atoms with E-state index in [2.05, 4.69) is 23.5 Å². The minimum absolute atomic E-state index is 0.137. The van der Waals surface area contributed by atoms with Gasteiger partial charge in [-0.25, -0.2) is 0 Å². The van der Waals surface area contributed by atoms with Gasteiger partial charge in [-0.15, -0.1) is 0 Å². The van der Waals surface area contributed by atoms with Gasteiger partial charge in [0, 0.05) is 24.9 Å². The Labute approximate surface area is 163 Å². The molecule has 140 valence electrons. The number of likely N-dealkylation sites (tertiary alicyclic amines) is 1. The molecule has 3 aromatic rings. The van der Waals surface area contributed by atoms with Crippen molar-refractivity contribution in [1.82, 2.24) is 10.2 Å². The zero-order valence-corrected chi connectivity index (χ0v) is 15.4. The first-order chi connectivity index (χ1) is 13.6. The van der Waals surface area contributed by atoms with Gasteiger partial charge in [-0.2, -0.15) is 0 Å². The van der Waals surface area contributed by atoms with Gasteiger partial charge in [0.15, 0.2) is 0 Å². The van der Waals surface area contributed by atoms with Gasteiger partial charge >= 0.3 is 0 Å². The number of carbonyl (C=O) groups excluding carboxylic acids is 3. The molecule has 1 saturated heterocycles. The molecule has 0 saturated carbocycles. The lowest BCUT2D eigenvalue weighted by molar-refractivity contribution is -0.139. The highest BCUT2D eigenvalue weighted by atomic mass is 16.2. The average molecular weight is 372 g/mol. The van der Waals surface area contributed by atoms with E-state index in [0.29, 0.717) is 12.1 Å². The first-order valence-electron chi connectivity index (χ1n) is 9.28. The van der Waals surface area contributed by atoms with E-state index in [1.807, 2.05) is 24.3 Å². The molecule has 1 aliphatic rings. The Morgan fingerprint density at radius 2 is 1.46 bits per heavy atom. The van der Waals surface area contributed by atoms with Crippen molar-refractivity contribution in [3.63, 3.8) is 0 Å². The summed E-state index contributed by atoms with van der Waals surface area (Å²) >= 11 is 0. The van der Waals surface area contributed by atoms with E-state index >= 15 is 0 Å². The number of amides is 3. The third-order valence-corrected chi connectivity index (χ3v) is 4.98. The normalized spacial score (nSPS) is 13.9. The lowest BCUT2D eigenvalue weighted by atomic mass is 10.1. The van der Waals surface area contributed by atoms with Crippen molar-refractivity contribution in [2.45, 2.75) is 25.9 Å². The molecular weight excluding hydrogens is 352 g/mol. The fourth-order valence-corrected chi connectivity index (χ4v) is 3.38. The van der Waals surface area contributed by atoms with Crippen molar-refractivity contribution in [2.75, 3.05) is 0 Å². The largest absolute Gasteiger partial charge is 0.348 e. The molecule has 28 heavy (non-hydrogen) atoms. The average Bonchev–Trinajstić information content (AvgIpc) is 3.04. The first-order valence-corrected chi connectivity index (χ1v) is 9.28. The van der Waals surface area contributed by atoms with Gasteiger partial charge in [-0.1, -0.05) is 48.5 Å². The van der Waals surface area contributed by atoms with E-state index in [1.165, 1.54) is 10.3 Å². The fourth-order valence-electron chi connectivity index (χ4n) is 3.38. The van der Waals surface area contributed by atoms with Crippen molar-refractivity contribution in [1.29, 1.82) is 0 Å². The fraction of sp³-hybridized carbons (Fsp3) is 0.174. The summed E-state index contributed by atoms with van der Waals surface area (Å²) in [5, 5.41) is 5.24. The summed E-state index contributed by atoms with van der Waals surface area (Å²) in [5.74, 6) is -0.433. The molecule has 1 N–H and O–H groups in total. The smallest absolute Gasteiger partial charge is 0.251 e. The Bertz CT molecular complexity index is 1040. The van der Waals surface area contributed by atoms with E-state index in [9.17, 15) is 14.4 Å². The maximum absolute atomic E-state index is 12.4. The van der Waals surface area contributed by atoms with Gasteiger partial charge in [0.25, 0.3) is 5.91 Å². The second kappa shape index (κ2) is 7.64. The van der Waals surface area contributed by atoms with Crippen molar-refractivity contribution < 1.29 is 14.4 Å². The Morgan fingerprint density at radius 1 is 0.821 bits per heavy atom. The van der Waals surface area contributed by atoms with E-state index in [4.69, 9.17) is 0 Å². The lowest BCUT2D eigenvalue weighted by Crippen LogP contribution is -2.28.